The van der Waals surface area contributed by atoms with Crippen molar-refractivity contribution < 1.29 is 14.3 Å². The van der Waals surface area contributed by atoms with Gasteiger partial charge in [0, 0.05) is 35.3 Å². The summed E-state index contributed by atoms with van der Waals surface area (Å²) in [4.78, 5) is 16.9. The highest BCUT2D eigenvalue weighted by Gasteiger charge is 2.16. The van der Waals surface area contributed by atoms with Gasteiger partial charge in [0.25, 0.3) is 0 Å². The number of ketones is 1. The first-order valence-corrected chi connectivity index (χ1v) is 9.45. The predicted octanol–water partition coefficient (Wildman–Crippen LogP) is 4.56. The van der Waals surface area contributed by atoms with Crippen LogP contribution in [0, 0.1) is 0 Å². The van der Waals surface area contributed by atoms with Crippen LogP contribution in [0.3, 0.4) is 0 Å². The summed E-state index contributed by atoms with van der Waals surface area (Å²) < 4.78 is 12.5. The molecule has 0 N–H and O–H groups in total. The summed E-state index contributed by atoms with van der Waals surface area (Å²) in [5.41, 5.74) is 3.92. The molecule has 1 aliphatic heterocycles. The van der Waals surface area contributed by atoms with Crippen LogP contribution in [0.15, 0.2) is 85.3 Å². The zero-order valence-electron chi connectivity index (χ0n) is 15.9. The van der Waals surface area contributed by atoms with E-state index in [1.807, 2.05) is 48.7 Å². The van der Waals surface area contributed by atoms with Crippen molar-refractivity contribution in [1.29, 1.82) is 0 Å². The minimum absolute atomic E-state index is 0.127. The quantitative estimate of drug-likeness (QED) is 0.366. The third-order valence-electron chi connectivity index (χ3n) is 4.77. The fourth-order valence-electron chi connectivity index (χ4n) is 3.26. The first-order chi connectivity index (χ1) is 14.8. The molecule has 0 fully saturated rings. The molecule has 0 atom stereocenters. The van der Waals surface area contributed by atoms with Crippen molar-refractivity contribution in [2.45, 2.75) is 0 Å². The van der Waals surface area contributed by atoms with Crippen molar-refractivity contribution in [3.63, 3.8) is 0 Å². The minimum Gasteiger partial charge on any atom is -0.454 e. The van der Waals surface area contributed by atoms with E-state index < -0.39 is 0 Å². The van der Waals surface area contributed by atoms with E-state index in [1.54, 1.807) is 47.4 Å². The molecule has 0 spiro atoms. The molecule has 146 valence electrons. The maximum absolute atomic E-state index is 12.7. The third-order valence-corrected chi connectivity index (χ3v) is 4.77. The molecule has 0 saturated heterocycles. The Morgan fingerprint density at radius 1 is 1.00 bits per heavy atom. The van der Waals surface area contributed by atoms with E-state index in [4.69, 9.17) is 14.6 Å². The monoisotopic (exact) mass is 395 g/mol. The maximum Gasteiger partial charge on any atom is 0.231 e. The molecular formula is C24H17N3O3. The molecule has 2 aromatic carbocycles. The second kappa shape index (κ2) is 7.67. The number of nitrogens with zero attached hydrogens (tertiary/aromatic N) is 3. The molecule has 0 radical (unpaired) electrons. The van der Waals surface area contributed by atoms with Gasteiger partial charge in [-0.25, -0.2) is 4.68 Å². The molecule has 1 aliphatic rings. The molecule has 0 saturated carbocycles. The summed E-state index contributed by atoms with van der Waals surface area (Å²) >= 11 is 0. The van der Waals surface area contributed by atoms with Crippen LogP contribution in [0.5, 0.6) is 11.5 Å². The lowest BCUT2D eigenvalue weighted by Gasteiger charge is -2.00. The molecule has 0 bridgehead atoms. The topological polar surface area (TPSA) is 66.2 Å². The number of para-hydroxylation sites is 1. The van der Waals surface area contributed by atoms with Gasteiger partial charge in [-0.15, -0.1) is 0 Å². The van der Waals surface area contributed by atoms with Crippen LogP contribution in [0.25, 0.3) is 23.0 Å². The molecule has 2 aromatic heterocycles. The van der Waals surface area contributed by atoms with Gasteiger partial charge < -0.3 is 9.47 Å². The predicted molar refractivity (Wildman–Crippen MR) is 113 cm³/mol. The van der Waals surface area contributed by atoms with E-state index in [0.717, 1.165) is 22.5 Å². The summed E-state index contributed by atoms with van der Waals surface area (Å²) in [5, 5.41) is 4.73. The van der Waals surface area contributed by atoms with E-state index in [1.165, 1.54) is 0 Å². The summed E-state index contributed by atoms with van der Waals surface area (Å²) in [6.45, 7) is 0.177. The molecule has 0 unspecified atom stereocenters. The van der Waals surface area contributed by atoms with E-state index in [-0.39, 0.29) is 12.6 Å². The largest absolute Gasteiger partial charge is 0.454 e. The van der Waals surface area contributed by atoms with Gasteiger partial charge in [-0.05, 0) is 54.6 Å². The van der Waals surface area contributed by atoms with Crippen molar-refractivity contribution in [2.75, 3.05) is 6.79 Å². The zero-order chi connectivity index (χ0) is 20.3. The molecule has 0 amide bonds. The maximum atomic E-state index is 12.7. The van der Waals surface area contributed by atoms with Gasteiger partial charge in [-0.1, -0.05) is 18.2 Å². The highest BCUT2D eigenvalue weighted by Crippen LogP contribution is 2.33. The van der Waals surface area contributed by atoms with Crippen molar-refractivity contribution >= 4 is 11.9 Å². The summed E-state index contributed by atoms with van der Waals surface area (Å²) in [6, 6.07) is 18.8. The first kappa shape index (κ1) is 17.9. The average molecular weight is 395 g/mol. The highest BCUT2D eigenvalue weighted by molar-refractivity contribution is 6.07. The van der Waals surface area contributed by atoms with Crippen LogP contribution in [0.4, 0.5) is 0 Å². The van der Waals surface area contributed by atoms with Crippen LogP contribution in [0.2, 0.25) is 0 Å². The number of carbonyl (C=O) groups excluding carboxylic acids is 1. The van der Waals surface area contributed by atoms with Gasteiger partial charge in [0.2, 0.25) is 6.79 Å². The van der Waals surface area contributed by atoms with E-state index in [9.17, 15) is 4.79 Å². The van der Waals surface area contributed by atoms with E-state index in [2.05, 4.69) is 4.98 Å². The number of pyridine rings is 1. The molecule has 3 heterocycles. The second-order valence-electron chi connectivity index (χ2n) is 6.72. The van der Waals surface area contributed by atoms with Crippen molar-refractivity contribution in [3.05, 3.63) is 96.5 Å². The fourth-order valence-corrected chi connectivity index (χ4v) is 3.26. The first-order valence-electron chi connectivity index (χ1n) is 9.45. The standard InChI is InChI=1S/C24H17N3O3/c28-21(17-9-11-22-23(13-17)30-16-29-22)10-8-19-15-27(20-6-2-1-3-7-20)26-24(19)18-5-4-12-25-14-18/h1-15H,16H2/b10-8+. The number of allylic oxidation sites excluding steroid dienone is 1. The number of fused-ring (bicyclic) bond motifs is 1. The molecular weight excluding hydrogens is 378 g/mol. The second-order valence-corrected chi connectivity index (χ2v) is 6.72. The SMILES string of the molecule is O=C(/C=C/c1cn(-c2ccccc2)nc1-c1cccnc1)c1ccc2c(c1)OCO2. The summed E-state index contributed by atoms with van der Waals surface area (Å²) in [5.74, 6) is 1.11. The Hall–Kier alpha value is -4.19. The Balaban J connectivity index is 1.49. The molecule has 0 aliphatic carbocycles. The zero-order valence-corrected chi connectivity index (χ0v) is 15.9. The molecule has 6 nitrogen and oxygen atoms in total. The van der Waals surface area contributed by atoms with Crippen LogP contribution < -0.4 is 9.47 Å². The van der Waals surface area contributed by atoms with Crippen LogP contribution in [-0.4, -0.2) is 27.3 Å². The van der Waals surface area contributed by atoms with Crippen molar-refractivity contribution in [3.8, 4) is 28.4 Å². The minimum atomic E-state index is -0.127. The van der Waals surface area contributed by atoms with Crippen LogP contribution in [0.1, 0.15) is 15.9 Å². The van der Waals surface area contributed by atoms with Crippen molar-refractivity contribution in [1.82, 2.24) is 14.8 Å². The van der Waals surface area contributed by atoms with E-state index >= 15 is 0 Å². The van der Waals surface area contributed by atoms with Gasteiger partial charge >= 0.3 is 0 Å². The number of ether oxygens (including phenoxy) is 2. The smallest absolute Gasteiger partial charge is 0.231 e. The van der Waals surface area contributed by atoms with Crippen LogP contribution >= 0.6 is 0 Å². The van der Waals surface area contributed by atoms with E-state index in [0.29, 0.717) is 17.1 Å². The lowest BCUT2D eigenvalue weighted by atomic mass is 10.1. The van der Waals surface area contributed by atoms with Gasteiger partial charge in [0.15, 0.2) is 17.3 Å². The third kappa shape index (κ3) is 3.46. The molecule has 4 aromatic rings. The molecule has 30 heavy (non-hydrogen) atoms. The van der Waals surface area contributed by atoms with Gasteiger partial charge in [-0.2, -0.15) is 5.10 Å². The Morgan fingerprint density at radius 2 is 1.87 bits per heavy atom. The Bertz CT molecular complexity index is 1230. The fraction of sp³-hybridized carbons (Fsp3) is 0.0417. The number of hydrogen-bond donors (Lipinski definition) is 0. The lowest BCUT2D eigenvalue weighted by molar-refractivity contribution is 0.104. The number of benzene rings is 2. The van der Waals surface area contributed by atoms with Crippen LogP contribution in [-0.2, 0) is 0 Å². The number of carbonyl (C=O) groups is 1. The Morgan fingerprint density at radius 3 is 2.70 bits per heavy atom. The number of aromatic nitrogens is 3. The average Bonchev–Trinajstić information content (AvgIpc) is 3.45. The normalized spacial score (nSPS) is 12.4. The summed E-state index contributed by atoms with van der Waals surface area (Å²) in [7, 11) is 0. The number of hydrogen-bond acceptors (Lipinski definition) is 5. The van der Waals surface area contributed by atoms with Gasteiger partial charge in [-0.3, -0.25) is 9.78 Å². The molecule has 6 heteroatoms. The van der Waals surface area contributed by atoms with Gasteiger partial charge in [0.05, 0.1) is 5.69 Å². The highest BCUT2D eigenvalue weighted by atomic mass is 16.7. The Labute approximate surface area is 173 Å². The lowest BCUT2D eigenvalue weighted by Crippen LogP contribution is -1.94. The van der Waals surface area contributed by atoms with Gasteiger partial charge in [0.1, 0.15) is 5.69 Å². The van der Waals surface area contributed by atoms with Crippen molar-refractivity contribution in [2.24, 2.45) is 0 Å². The number of rotatable bonds is 5. The molecule has 5 rings (SSSR count). The Kier molecular flexibility index (Phi) is 4.57. The summed E-state index contributed by atoms with van der Waals surface area (Å²) in [6.07, 6.45) is 8.71.